The van der Waals surface area contributed by atoms with Gasteiger partial charge in [-0.2, -0.15) is 13.2 Å². The second-order valence-electron chi connectivity index (χ2n) is 3.66. The minimum absolute atomic E-state index is 0.140. The fourth-order valence-corrected chi connectivity index (χ4v) is 1.29. The Morgan fingerprint density at radius 3 is 2.76 bits per heavy atom. The van der Waals surface area contributed by atoms with Crippen molar-refractivity contribution in [3.8, 4) is 0 Å². The molecule has 0 aliphatic carbocycles. The van der Waals surface area contributed by atoms with Crippen molar-refractivity contribution in [2.24, 2.45) is 0 Å². The number of rotatable bonds is 3. The average molecular weight is 247 g/mol. The van der Waals surface area contributed by atoms with E-state index in [1.165, 1.54) is 25.3 Å². The first-order valence-electron chi connectivity index (χ1n) is 4.87. The summed E-state index contributed by atoms with van der Waals surface area (Å²) in [5.74, 6) is -0.461. The Morgan fingerprint density at radius 1 is 1.59 bits per heavy atom. The molecule has 1 aromatic rings. The number of hydrogen-bond donors (Lipinski definition) is 2. The zero-order valence-electron chi connectivity index (χ0n) is 9.08. The SMILES string of the molecule is CC(CC(F)(F)F)NC(=O)c1ccnc(N)c1. The number of carbonyl (C=O) groups is 1. The number of halogens is 3. The van der Waals surface area contributed by atoms with Crippen molar-refractivity contribution >= 4 is 11.7 Å². The summed E-state index contributed by atoms with van der Waals surface area (Å²) >= 11 is 0. The van der Waals surface area contributed by atoms with Crippen LogP contribution < -0.4 is 11.1 Å². The zero-order chi connectivity index (χ0) is 13.1. The highest BCUT2D eigenvalue weighted by Crippen LogP contribution is 2.21. The van der Waals surface area contributed by atoms with Crippen LogP contribution in [0.5, 0.6) is 0 Å². The molecule has 0 aliphatic rings. The molecule has 1 heterocycles. The van der Waals surface area contributed by atoms with Crippen molar-refractivity contribution in [1.29, 1.82) is 0 Å². The van der Waals surface area contributed by atoms with Crippen LogP contribution in [0.2, 0.25) is 0 Å². The van der Waals surface area contributed by atoms with Crippen LogP contribution in [-0.2, 0) is 0 Å². The second-order valence-corrected chi connectivity index (χ2v) is 3.66. The normalized spacial score (nSPS) is 13.2. The maximum absolute atomic E-state index is 12.0. The number of nitrogens with two attached hydrogens (primary N) is 1. The molecule has 0 spiro atoms. The maximum Gasteiger partial charge on any atom is 0.391 e. The fourth-order valence-electron chi connectivity index (χ4n) is 1.29. The third kappa shape index (κ3) is 4.71. The molecule has 1 amide bonds. The van der Waals surface area contributed by atoms with E-state index in [9.17, 15) is 18.0 Å². The Bertz CT molecular complexity index is 406. The van der Waals surface area contributed by atoms with Gasteiger partial charge in [-0.05, 0) is 19.1 Å². The first kappa shape index (κ1) is 13.3. The molecule has 1 rings (SSSR count). The number of hydrogen-bond acceptors (Lipinski definition) is 3. The van der Waals surface area contributed by atoms with Crippen LogP contribution in [0.25, 0.3) is 0 Å². The van der Waals surface area contributed by atoms with E-state index in [0.717, 1.165) is 0 Å². The lowest BCUT2D eigenvalue weighted by atomic mass is 10.2. The summed E-state index contributed by atoms with van der Waals surface area (Å²) in [6.07, 6.45) is -4.05. The predicted molar refractivity (Wildman–Crippen MR) is 56.2 cm³/mol. The van der Waals surface area contributed by atoms with Gasteiger partial charge in [0, 0.05) is 17.8 Å². The predicted octanol–water partition coefficient (Wildman–Crippen LogP) is 1.73. The van der Waals surface area contributed by atoms with E-state index < -0.39 is 24.5 Å². The van der Waals surface area contributed by atoms with E-state index in [4.69, 9.17) is 5.73 Å². The molecular weight excluding hydrogens is 235 g/mol. The molecular formula is C10H12F3N3O. The van der Waals surface area contributed by atoms with E-state index in [-0.39, 0.29) is 11.4 Å². The zero-order valence-corrected chi connectivity index (χ0v) is 9.08. The van der Waals surface area contributed by atoms with E-state index in [1.54, 1.807) is 0 Å². The molecule has 0 saturated heterocycles. The molecule has 1 aromatic heterocycles. The average Bonchev–Trinajstić information content (AvgIpc) is 2.14. The molecule has 0 aliphatic heterocycles. The number of carbonyl (C=O) groups excluding carboxylic acids is 1. The second kappa shape index (κ2) is 5.03. The third-order valence-electron chi connectivity index (χ3n) is 1.96. The van der Waals surface area contributed by atoms with E-state index in [1.807, 2.05) is 0 Å². The monoisotopic (exact) mass is 247 g/mol. The fraction of sp³-hybridized carbons (Fsp3) is 0.400. The van der Waals surface area contributed by atoms with Crippen LogP contribution in [0.1, 0.15) is 23.7 Å². The third-order valence-corrected chi connectivity index (χ3v) is 1.96. The Hall–Kier alpha value is -1.79. The number of anilines is 1. The quantitative estimate of drug-likeness (QED) is 0.854. The first-order chi connectivity index (χ1) is 7.78. The van der Waals surface area contributed by atoms with Gasteiger partial charge in [0.1, 0.15) is 5.82 Å². The summed E-state index contributed by atoms with van der Waals surface area (Å²) in [6.45, 7) is 1.29. The molecule has 4 nitrogen and oxygen atoms in total. The minimum atomic E-state index is -4.30. The Kier molecular flexibility index (Phi) is 3.93. The highest BCUT2D eigenvalue weighted by molar-refractivity contribution is 5.94. The summed E-state index contributed by atoms with van der Waals surface area (Å²) < 4.78 is 36.1. The van der Waals surface area contributed by atoms with Gasteiger partial charge in [-0.1, -0.05) is 0 Å². The molecule has 0 fully saturated rings. The van der Waals surface area contributed by atoms with Gasteiger partial charge in [-0.15, -0.1) is 0 Å². The number of nitrogens with zero attached hydrogens (tertiary/aromatic N) is 1. The lowest BCUT2D eigenvalue weighted by Crippen LogP contribution is -2.35. The van der Waals surface area contributed by atoms with Gasteiger partial charge in [0.05, 0.1) is 6.42 Å². The van der Waals surface area contributed by atoms with Gasteiger partial charge in [-0.25, -0.2) is 4.98 Å². The minimum Gasteiger partial charge on any atom is -0.384 e. The highest BCUT2D eigenvalue weighted by Gasteiger charge is 2.30. The number of aromatic nitrogens is 1. The van der Waals surface area contributed by atoms with Crippen molar-refractivity contribution in [2.45, 2.75) is 25.6 Å². The lowest BCUT2D eigenvalue weighted by Gasteiger charge is -2.15. The largest absolute Gasteiger partial charge is 0.391 e. The Balaban J connectivity index is 2.61. The summed E-state index contributed by atoms with van der Waals surface area (Å²) in [7, 11) is 0. The molecule has 7 heteroatoms. The molecule has 3 N–H and O–H groups in total. The lowest BCUT2D eigenvalue weighted by molar-refractivity contribution is -0.138. The van der Waals surface area contributed by atoms with Crippen LogP contribution in [0.3, 0.4) is 0 Å². The Labute approximate surface area is 96.0 Å². The molecule has 1 unspecified atom stereocenters. The number of amides is 1. The van der Waals surface area contributed by atoms with Crippen LogP contribution in [0.4, 0.5) is 19.0 Å². The number of nitrogen functional groups attached to an aromatic ring is 1. The number of nitrogens with one attached hydrogen (secondary N) is 1. The van der Waals surface area contributed by atoms with E-state index in [0.29, 0.717) is 0 Å². The van der Waals surface area contributed by atoms with Crippen molar-refractivity contribution in [3.05, 3.63) is 23.9 Å². The molecule has 0 saturated carbocycles. The number of alkyl halides is 3. The molecule has 17 heavy (non-hydrogen) atoms. The first-order valence-corrected chi connectivity index (χ1v) is 4.87. The van der Waals surface area contributed by atoms with Gasteiger partial charge in [-0.3, -0.25) is 4.79 Å². The molecule has 0 aromatic carbocycles. The molecule has 0 radical (unpaired) electrons. The van der Waals surface area contributed by atoms with E-state index >= 15 is 0 Å². The van der Waals surface area contributed by atoms with Gasteiger partial charge >= 0.3 is 6.18 Å². The van der Waals surface area contributed by atoms with Crippen LogP contribution in [-0.4, -0.2) is 23.1 Å². The van der Waals surface area contributed by atoms with E-state index in [2.05, 4.69) is 10.3 Å². The molecule has 0 bridgehead atoms. The highest BCUT2D eigenvalue weighted by atomic mass is 19.4. The molecule has 1 atom stereocenters. The smallest absolute Gasteiger partial charge is 0.384 e. The van der Waals surface area contributed by atoms with Gasteiger partial charge in [0.2, 0.25) is 0 Å². The van der Waals surface area contributed by atoms with Crippen molar-refractivity contribution in [3.63, 3.8) is 0 Å². The Morgan fingerprint density at radius 2 is 2.24 bits per heavy atom. The van der Waals surface area contributed by atoms with Crippen LogP contribution in [0, 0.1) is 0 Å². The van der Waals surface area contributed by atoms with Crippen molar-refractivity contribution in [1.82, 2.24) is 10.3 Å². The van der Waals surface area contributed by atoms with Crippen molar-refractivity contribution < 1.29 is 18.0 Å². The van der Waals surface area contributed by atoms with Gasteiger partial charge in [0.25, 0.3) is 5.91 Å². The number of pyridine rings is 1. The summed E-state index contributed by atoms with van der Waals surface area (Å²) in [5, 5.41) is 2.24. The topological polar surface area (TPSA) is 68.0 Å². The maximum atomic E-state index is 12.0. The van der Waals surface area contributed by atoms with Crippen LogP contribution >= 0.6 is 0 Å². The summed E-state index contributed by atoms with van der Waals surface area (Å²) in [5.41, 5.74) is 5.54. The summed E-state index contributed by atoms with van der Waals surface area (Å²) in [6, 6.07) is 1.69. The van der Waals surface area contributed by atoms with Crippen molar-refractivity contribution in [2.75, 3.05) is 5.73 Å². The van der Waals surface area contributed by atoms with Gasteiger partial charge in [0.15, 0.2) is 0 Å². The van der Waals surface area contributed by atoms with Gasteiger partial charge < -0.3 is 11.1 Å². The standard InChI is InChI=1S/C10H12F3N3O/c1-6(5-10(11,12)13)16-9(17)7-2-3-15-8(14)4-7/h2-4,6H,5H2,1H3,(H2,14,15)(H,16,17). The summed E-state index contributed by atoms with van der Waals surface area (Å²) in [4.78, 5) is 15.2. The molecule has 94 valence electrons. The van der Waals surface area contributed by atoms with Crippen LogP contribution in [0.15, 0.2) is 18.3 Å².